The molecule has 160 valence electrons. The van der Waals surface area contributed by atoms with E-state index in [-0.39, 0.29) is 17.2 Å². The molecule has 7 heteroatoms. The molecular formula is C24H26N4O3. The number of benzene rings is 2. The van der Waals surface area contributed by atoms with Crippen molar-refractivity contribution in [2.75, 3.05) is 13.7 Å². The second kappa shape index (κ2) is 8.26. The zero-order chi connectivity index (χ0) is 22.1. The van der Waals surface area contributed by atoms with Gasteiger partial charge in [-0.1, -0.05) is 32.0 Å². The van der Waals surface area contributed by atoms with Crippen molar-refractivity contribution in [2.24, 2.45) is 13.0 Å². The number of amides is 1. The Hall–Kier alpha value is -3.61. The van der Waals surface area contributed by atoms with E-state index in [1.165, 1.54) is 4.68 Å². The monoisotopic (exact) mass is 418 g/mol. The Morgan fingerprint density at radius 1 is 1.13 bits per heavy atom. The van der Waals surface area contributed by atoms with Crippen molar-refractivity contribution in [1.82, 2.24) is 19.7 Å². The van der Waals surface area contributed by atoms with E-state index < -0.39 is 0 Å². The Bertz CT molecular complexity index is 1320. The van der Waals surface area contributed by atoms with Gasteiger partial charge in [-0.25, -0.2) is 0 Å². The Morgan fingerprint density at radius 2 is 1.84 bits per heavy atom. The van der Waals surface area contributed by atoms with Crippen LogP contribution in [0.4, 0.5) is 0 Å². The van der Waals surface area contributed by atoms with E-state index in [1.807, 2.05) is 35.9 Å². The number of para-hydroxylation sites is 1. The van der Waals surface area contributed by atoms with Crippen LogP contribution in [0.25, 0.3) is 27.5 Å². The molecule has 2 heterocycles. The van der Waals surface area contributed by atoms with E-state index >= 15 is 0 Å². The predicted octanol–water partition coefficient (Wildman–Crippen LogP) is 3.66. The first-order valence-corrected chi connectivity index (χ1v) is 10.4. The van der Waals surface area contributed by atoms with Crippen molar-refractivity contribution in [2.45, 2.75) is 20.3 Å². The molecule has 2 aromatic carbocycles. The highest BCUT2D eigenvalue weighted by atomic mass is 16.5. The minimum absolute atomic E-state index is 0.242. The SMILES string of the molecule is COc1ccc(-n2nc(C(=O)NCCC(C)C)c3c4ccccc4n(C)c3c2=O)cc1. The molecule has 0 unspecified atom stereocenters. The number of fused-ring (bicyclic) bond motifs is 3. The van der Waals surface area contributed by atoms with Gasteiger partial charge in [0.05, 0.1) is 12.8 Å². The third-order valence-corrected chi connectivity index (χ3v) is 5.48. The number of ether oxygens (including phenoxy) is 1. The molecule has 0 aliphatic heterocycles. The van der Waals surface area contributed by atoms with Crippen LogP contribution in [0.5, 0.6) is 5.75 Å². The van der Waals surface area contributed by atoms with Crippen LogP contribution in [-0.4, -0.2) is 33.9 Å². The fraction of sp³-hybridized carbons (Fsp3) is 0.292. The summed E-state index contributed by atoms with van der Waals surface area (Å²) in [6.07, 6.45) is 0.864. The summed E-state index contributed by atoms with van der Waals surface area (Å²) in [4.78, 5) is 26.6. The quantitative estimate of drug-likeness (QED) is 0.518. The standard InChI is InChI=1S/C24H26N4O3/c1-15(2)13-14-25-23(29)21-20-18-7-5-6-8-19(18)27(3)22(20)24(30)28(26-21)16-9-11-17(31-4)12-10-16/h5-12,15H,13-14H2,1-4H3,(H,25,29). The number of carbonyl (C=O) groups excluding carboxylic acids is 1. The molecule has 0 bridgehead atoms. The van der Waals surface area contributed by atoms with Gasteiger partial charge in [-0.15, -0.1) is 0 Å². The largest absolute Gasteiger partial charge is 0.497 e. The van der Waals surface area contributed by atoms with Crippen LogP contribution in [-0.2, 0) is 7.05 Å². The summed E-state index contributed by atoms with van der Waals surface area (Å²) < 4.78 is 8.34. The summed E-state index contributed by atoms with van der Waals surface area (Å²) in [5.41, 5.74) is 1.85. The lowest BCUT2D eigenvalue weighted by atomic mass is 10.1. The third kappa shape index (κ3) is 3.67. The van der Waals surface area contributed by atoms with Crippen LogP contribution in [0.3, 0.4) is 0 Å². The molecule has 0 spiro atoms. The van der Waals surface area contributed by atoms with Gasteiger partial charge in [0.2, 0.25) is 0 Å². The minimum atomic E-state index is -0.288. The number of nitrogens with zero attached hydrogens (tertiary/aromatic N) is 3. The maximum Gasteiger partial charge on any atom is 0.296 e. The average Bonchev–Trinajstić information content (AvgIpc) is 3.07. The Labute approximate surface area is 180 Å². The van der Waals surface area contributed by atoms with Crippen LogP contribution < -0.4 is 15.6 Å². The molecule has 2 aromatic heterocycles. The average molecular weight is 418 g/mol. The highest BCUT2D eigenvalue weighted by Gasteiger charge is 2.23. The molecule has 4 aromatic rings. The van der Waals surface area contributed by atoms with Gasteiger partial charge in [0.25, 0.3) is 11.5 Å². The van der Waals surface area contributed by atoms with Gasteiger partial charge in [-0.2, -0.15) is 9.78 Å². The topological polar surface area (TPSA) is 78.2 Å². The smallest absolute Gasteiger partial charge is 0.296 e. The fourth-order valence-corrected chi connectivity index (χ4v) is 3.79. The molecule has 1 amide bonds. The second-order valence-electron chi connectivity index (χ2n) is 8.00. The van der Waals surface area contributed by atoms with E-state index in [2.05, 4.69) is 24.3 Å². The van der Waals surface area contributed by atoms with Crippen LogP contribution in [0.2, 0.25) is 0 Å². The fourth-order valence-electron chi connectivity index (χ4n) is 3.79. The highest BCUT2D eigenvalue weighted by Crippen LogP contribution is 2.28. The van der Waals surface area contributed by atoms with E-state index in [4.69, 9.17) is 4.74 Å². The Balaban J connectivity index is 1.96. The molecule has 0 fully saturated rings. The van der Waals surface area contributed by atoms with Gasteiger partial charge in [0.1, 0.15) is 11.3 Å². The molecule has 31 heavy (non-hydrogen) atoms. The predicted molar refractivity (Wildman–Crippen MR) is 122 cm³/mol. The van der Waals surface area contributed by atoms with E-state index in [1.54, 1.807) is 31.4 Å². The Kier molecular flexibility index (Phi) is 5.50. The van der Waals surface area contributed by atoms with Gasteiger partial charge in [-0.3, -0.25) is 9.59 Å². The molecular weight excluding hydrogens is 392 g/mol. The summed E-state index contributed by atoms with van der Waals surface area (Å²) >= 11 is 0. The summed E-state index contributed by atoms with van der Waals surface area (Å²) in [7, 11) is 3.42. The van der Waals surface area contributed by atoms with Crippen LogP contribution in [0.1, 0.15) is 30.8 Å². The number of methoxy groups -OCH3 is 1. The number of nitrogens with one attached hydrogen (secondary N) is 1. The molecule has 0 saturated carbocycles. The van der Waals surface area contributed by atoms with Crippen LogP contribution in [0.15, 0.2) is 53.3 Å². The van der Waals surface area contributed by atoms with E-state index in [0.29, 0.717) is 34.8 Å². The third-order valence-electron chi connectivity index (χ3n) is 5.48. The molecule has 0 aliphatic carbocycles. The lowest BCUT2D eigenvalue weighted by Crippen LogP contribution is -2.31. The first-order chi connectivity index (χ1) is 14.9. The normalized spacial score (nSPS) is 11.4. The molecule has 0 atom stereocenters. The van der Waals surface area contributed by atoms with Gasteiger partial charge >= 0.3 is 0 Å². The maximum absolute atomic E-state index is 13.5. The van der Waals surface area contributed by atoms with Gasteiger partial charge in [-0.05, 0) is 42.7 Å². The summed E-state index contributed by atoms with van der Waals surface area (Å²) in [5, 5.41) is 8.90. The maximum atomic E-state index is 13.5. The van der Waals surface area contributed by atoms with Gasteiger partial charge in [0, 0.05) is 29.9 Å². The first-order valence-electron chi connectivity index (χ1n) is 10.4. The molecule has 4 rings (SSSR count). The lowest BCUT2D eigenvalue weighted by Gasteiger charge is -2.11. The van der Waals surface area contributed by atoms with Crippen molar-refractivity contribution >= 4 is 27.7 Å². The summed E-state index contributed by atoms with van der Waals surface area (Å²) in [5.74, 6) is 0.859. The molecule has 0 radical (unpaired) electrons. The van der Waals surface area contributed by atoms with Gasteiger partial charge < -0.3 is 14.6 Å². The second-order valence-corrected chi connectivity index (χ2v) is 8.00. The van der Waals surface area contributed by atoms with E-state index in [9.17, 15) is 9.59 Å². The first kappa shape index (κ1) is 20.7. The van der Waals surface area contributed by atoms with Crippen LogP contribution >= 0.6 is 0 Å². The van der Waals surface area contributed by atoms with Gasteiger partial charge in [0.15, 0.2) is 5.69 Å². The van der Waals surface area contributed by atoms with Crippen LogP contribution in [0, 0.1) is 5.92 Å². The number of hydrogen-bond donors (Lipinski definition) is 1. The van der Waals surface area contributed by atoms with Crippen molar-refractivity contribution in [3.8, 4) is 11.4 Å². The molecule has 0 aliphatic rings. The molecule has 1 N–H and O–H groups in total. The number of rotatable bonds is 6. The van der Waals surface area contributed by atoms with E-state index in [0.717, 1.165) is 17.3 Å². The molecule has 7 nitrogen and oxygen atoms in total. The summed E-state index contributed by atoms with van der Waals surface area (Å²) in [6.45, 7) is 4.76. The number of hydrogen-bond acceptors (Lipinski definition) is 4. The number of carbonyl (C=O) groups is 1. The summed E-state index contributed by atoms with van der Waals surface area (Å²) in [6, 6.07) is 14.7. The van der Waals surface area contributed by atoms with Crippen molar-refractivity contribution in [3.05, 3.63) is 64.6 Å². The van der Waals surface area contributed by atoms with Crippen molar-refractivity contribution < 1.29 is 9.53 Å². The lowest BCUT2D eigenvalue weighted by molar-refractivity contribution is 0.0947. The minimum Gasteiger partial charge on any atom is -0.497 e. The Morgan fingerprint density at radius 3 is 2.52 bits per heavy atom. The number of aromatic nitrogens is 3. The van der Waals surface area contributed by atoms with Crippen molar-refractivity contribution in [1.29, 1.82) is 0 Å². The zero-order valence-electron chi connectivity index (χ0n) is 18.2. The molecule has 0 saturated heterocycles. The zero-order valence-corrected chi connectivity index (χ0v) is 18.2. The van der Waals surface area contributed by atoms with Crippen molar-refractivity contribution in [3.63, 3.8) is 0 Å². The highest BCUT2D eigenvalue weighted by molar-refractivity contribution is 6.16. The number of aryl methyl sites for hydroxylation is 1.